The summed E-state index contributed by atoms with van der Waals surface area (Å²) in [5.41, 5.74) is 0.502. The summed E-state index contributed by atoms with van der Waals surface area (Å²) in [6.07, 6.45) is 2.67. The quantitative estimate of drug-likeness (QED) is 0.448. The van der Waals surface area contributed by atoms with Gasteiger partial charge in [0, 0.05) is 5.56 Å². The molecule has 19 heavy (non-hydrogen) atoms. The van der Waals surface area contributed by atoms with Crippen molar-refractivity contribution < 1.29 is 20.1 Å². The summed E-state index contributed by atoms with van der Waals surface area (Å²) in [6.45, 7) is 0. The lowest BCUT2D eigenvalue weighted by Gasteiger charge is -2.01. The van der Waals surface area contributed by atoms with Crippen molar-refractivity contribution in [2.45, 2.75) is 0 Å². The van der Waals surface area contributed by atoms with Gasteiger partial charge in [-0.1, -0.05) is 18.2 Å². The molecule has 0 amide bonds. The van der Waals surface area contributed by atoms with Crippen molar-refractivity contribution in [2.75, 3.05) is 0 Å². The normalized spacial score (nSPS) is 10.7. The monoisotopic (exact) mass is 256 g/mol. The topological polar surface area (TPSA) is 77.8 Å². The highest BCUT2D eigenvalue weighted by molar-refractivity contribution is 6.08. The average molecular weight is 256 g/mol. The first-order chi connectivity index (χ1) is 9.08. The SMILES string of the molecule is O=C(/C=C/c1ccccc1O)c1cc(O)ccc1O. The molecular formula is C15H12O4. The van der Waals surface area contributed by atoms with E-state index >= 15 is 0 Å². The van der Waals surface area contributed by atoms with Crippen LogP contribution in [0.25, 0.3) is 6.08 Å². The van der Waals surface area contributed by atoms with Crippen LogP contribution in [0.1, 0.15) is 15.9 Å². The standard InChI is InChI=1S/C15H12O4/c16-11-6-8-15(19)12(9-11)14(18)7-5-10-3-1-2-4-13(10)17/h1-9,16-17,19H/b7-5+. The molecule has 2 aromatic carbocycles. The molecule has 2 aromatic rings. The number of ketones is 1. The van der Waals surface area contributed by atoms with Crippen LogP contribution in [0.15, 0.2) is 48.5 Å². The van der Waals surface area contributed by atoms with Gasteiger partial charge in [0.1, 0.15) is 17.2 Å². The van der Waals surface area contributed by atoms with Gasteiger partial charge in [0.05, 0.1) is 5.56 Å². The van der Waals surface area contributed by atoms with Gasteiger partial charge >= 0.3 is 0 Å². The molecule has 0 saturated heterocycles. The Morgan fingerprint density at radius 2 is 1.68 bits per heavy atom. The Bertz CT molecular complexity index is 644. The molecule has 0 aromatic heterocycles. The Morgan fingerprint density at radius 3 is 2.42 bits per heavy atom. The lowest BCUT2D eigenvalue weighted by Crippen LogP contribution is -1.94. The van der Waals surface area contributed by atoms with Gasteiger partial charge in [-0.25, -0.2) is 0 Å². The molecule has 96 valence electrons. The van der Waals surface area contributed by atoms with Crippen LogP contribution in [0.5, 0.6) is 17.2 Å². The summed E-state index contributed by atoms with van der Waals surface area (Å²) < 4.78 is 0. The number of para-hydroxylation sites is 1. The second-order valence-electron chi connectivity index (χ2n) is 3.96. The maximum absolute atomic E-state index is 11.9. The number of hydrogen-bond acceptors (Lipinski definition) is 4. The third kappa shape index (κ3) is 2.93. The smallest absolute Gasteiger partial charge is 0.189 e. The number of carbonyl (C=O) groups is 1. The lowest BCUT2D eigenvalue weighted by molar-refractivity contribution is 0.104. The summed E-state index contributed by atoms with van der Waals surface area (Å²) >= 11 is 0. The van der Waals surface area contributed by atoms with E-state index in [1.54, 1.807) is 18.2 Å². The Labute approximate surface area is 109 Å². The lowest BCUT2D eigenvalue weighted by atomic mass is 10.1. The molecule has 0 saturated carbocycles. The highest BCUT2D eigenvalue weighted by atomic mass is 16.3. The van der Waals surface area contributed by atoms with Crippen molar-refractivity contribution in [1.29, 1.82) is 0 Å². The first-order valence-corrected chi connectivity index (χ1v) is 5.60. The van der Waals surface area contributed by atoms with E-state index < -0.39 is 5.78 Å². The first kappa shape index (κ1) is 12.7. The summed E-state index contributed by atoms with van der Waals surface area (Å²) in [5.74, 6) is -0.704. The van der Waals surface area contributed by atoms with Crippen LogP contribution >= 0.6 is 0 Å². The van der Waals surface area contributed by atoms with Gasteiger partial charge in [0.2, 0.25) is 0 Å². The fraction of sp³-hybridized carbons (Fsp3) is 0. The van der Waals surface area contributed by atoms with Crippen molar-refractivity contribution in [1.82, 2.24) is 0 Å². The fourth-order valence-corrected chi connectivity index (χ4v) is 1.61. The molecule has 4 heteroatoms. The van der Waals surface area contributed by atoms with E-state index in [0.29, 0.717) is 5.56 Å². The van der Waals surface area contributed by atoms with Crippen LogP contribution in [0.2, 0.25) is 0 Å². The molecule has 0 radical (unpaired) electrons. The van der Waals surface area contributed by atoms with Crippen molar-refractivity contribution in [3.63, 3.8) is 0 Å². The molecule has 2 rings (SSSR count). The van der Waals surface area contributed by atoms with E-state index in [2.05, 4.69) is 0 Å². The Balaban J connectivity index is 2.26. The summed E-state index contributed by atoms with van der Waals surface area (Å²) in [7, 11) is 0. The van der Waals surface area contributed by atoms with Gasteiger partial charge < -0.3 is 15.3 Å². The van der Waals surface area contributed by atoms with Gasteiger partial charge in [-0.3, -0.25) is 4.79 Å². The Kier molecular flexibility index (Phi) is 3.52. The molecule has 0 heterocycles. The van der Waals surface area contributed by atoms with Gasteiger partial charge in [-0.05, 0) is 36.4 Å². The summed E-state index contributed by atoms with van der Waals surface area (Å²) in [5, 5.41) is 28.4. The highest BCUT2D eigenvalue weighted by Crippen LogP contribution is 2.23. The van der Waals surface area contributed by atoms with Crippen LogP contribution < -0.4 is 0 Å². The zero-order chi connectivity index (χ0) is 13.8. The molecule has 0 aliphatic heterocycles. The Hall–Kier alpha value is -2.75. The summed E-state index contributed by atoms with van der Waals surface area (Å²) in [6, 6.07) is 10.3. The average Bonchev–Trinajstić information content (AvgIpc) is 2.40. The van der Waals surface area contributed by atoms with E-state index in [1.165, 1.54) is 36.4 Å². The minimum absolute atomic E-state index is 0.00618. The van der Waals surface area contributed by atoms with Crippen LogP contribution in [0, 0.1) is 0 Å². The number of aromatic hydroxyl groups is 3. The summed E-state index contributed by atoms with van der Waals surface area (Å²) in [4.78, 5) is 11.9. The second kappa shape index (κ2) is 5.27. The number of rotatable bonds is 3. The zero-order valence-electron chi connectivity index (χ0n) is 9.95. The molecule has 0 atom stereocenters. The molecule has 4 nitrogen and oxygen atoms in total. The molecule has 0 unspecified atom stereocenters. The maximum atomic E-state index is 11.9. The van der Waals surface area contributed by atoms with Gasteiger partial charge in [-0.15, -0.1) is 0 Å². The fourth-order valence-electron chi connectivity index (χ4n) is 1.61. The predicted molar refractivity (Wildman–Crippen MR) is 71.2 cm³/mol. The van der Waals surface area contributed by atoms with Gasteiger partial charge in [-0.2, -0.15) is 0 Å². The van der Waals surface area contributed by atoms with Crippen LogP contribution in [-0.2, 0) is 0 Å². The second-order valence-corrected chi connectivity index (χ2v) is 3.96. The number of phenolic OH excluding ortho intramolecular Hbond substituents is 3. The number of allylic oxidation sites excluding steroid dienone is 1. The maximum Gasteiger partial charge on any atom is 0.189 e. The van der Waals surface area contributed by atoms with Crippen molar-refractivity contribution in [2.24, 2.45) is 0 Å². The third-order valence-electron chi connectivity index (χ3n) is 2.60. The van der Waals surface area contributed by atoms with Crippen molar-refractivity contribution in [3.8, 4) is 17.2 Å². The Morgan fingerprint density at radius 1 is 0.947 bits per heavy atom. The minimum Gasteiger partial charge on any atom is -0.508 e. The number of phenols is 3. The first-order valence-electron chi connectivity index (χ1n) is 5.60. The number of hydrogen-bond donors (Lipinski definition) is 3. The van der Waals surface area contributed by atoms with Crippen LogP contribution in [-0.4, -0.2) is 21.1 Å². The molecule has 0 fully saturated rings. The molecule has 0 aliphatic carbocycles. The van der Waals surface area contributed by atoms with Crippen LogP contribution in [0.4, 0.5) is 0 Å². The largest absolute Gasteiger partial charge is 0.508 e. The van der Waals surface area contributed by atoms with Gasteiger partial charge in [0.15, 0.2) is 5.78 Å². The molecular weight excluding hydrogens is 244 g/mol. The minimum atomic E-state index is -0.461. The van der Waals surface area contributed by atoms with E-state index in [-0.39, 0.29) is 22.8 Å². The number of carbonyl (C=O) groups excluding carboxylic acids is 1. The van der Waals surface area contributed by atoms with Gasteiger partial charge in [0.25, 0.3) is 0 Å². The van der Waals surface area contributed by atoms with E-state index in [9.17, 15) is 20.1 Å². The van der Waals surface area contributed by atoms with E-state index in [0.717, 1.165) is 0 Å². The molecule has 0 aliphatic rings. The van der Waals surface area contributed by atoms with E-state index in [4.69, 9.17) is 0 Å². The van der Waals surface area contributed by atoms with E-state index in [1.807, 2.05) is 0 Å². The molecule has 3 N–H and O–H groups in total. The van der Waals surface area contributed by atoms with Crippen molar-refractivity contribution in [3.05, 3.63) is 59.7 Å². The number of benzene rings is 2. The zero-order valence-corrected chi connectivity index (χ0v) is 9.95. The van der Waals surface area contributed by atoms with Crippen LogP contribution in [0.3, 0.4) is 0 Å². The third-order valence-corrected chi connectivity index (χ3v) is 2.60. The highest BCUT2D eigenvalue weighted by Gasteiger charge is 2.09. The predicted octanol–water partition coefficient (Wildman–Crippen LogP) is 2.70. The molecule has 0 bridgehead atoms. The van der Waals surface area contributed by atoms with Crippen molar-refractivity contribution >= 4 is 11.9 Å². The molecule has 0 spiro atoms.